The highest BCUT2D eigenvalue weighted by atomic mass is 32.2. The summed E-state index contributed by atoms with van der Waals surface area (Å²) in [5.74, 6) is -0.207. The number of aliphatic hydroxyl groups is 1. The van der Waals surface area contributed by atoms with Crippen LogP contribution < -0.4 is 0 Å². The summed E-state index contributed by atoms with van der Waals surface area (Å²) in [4.78, 5) is 0. The molecule has 1 aromatic heterocycles. The number of rotatable bonds is 5. The molecular weight excluding hydrogens is 228 g/mol. The van der Waals surface area contributed by atoms with Gasteiger partial charge in [-0.05, 0) is 19.9 Å². The highest BCUT2D eigenvalue weighted by molar-refractivity contribution is 7.90. The van der Waals surface area contributed by atoms with Crippen molar-refractivity contribution in [2.45, 2.75) is 32.9 Å². The first-order chi connectivity index (χ1) is 7.31. The lowest BCUT2D eigenvalue weighted by atomic mass is 10.2. The quantitative estimate of drug-likeness (QED) is 0.803. The van der Waals surface area contributed by atoms with E-state index in [-0.39, 0.29) is 5.75 Å². The SMILES string of the molecule is CCn1nc(C)cc1CC(O)CS(C)(=O)=O. The molecule has 0 aliphatic rings. The molecule has 1 atom stereocenters. The molecule has 92 valence electrons. The summed E-state index contributed by atoms with van der Waals surface area (Å²) in [6.07, 6.45) is 0.580. The van der Waals surface area contributed by atoms with E-state index in [9.17, 15) is 13.5 Å². The number of sulfone groups is 1. The summed E-state index contributed by atoms with van der Waals surface area (Å²) in [6, 6.07) is 1.87. The predicted octanol–water partition coefficient (Wildman–Crippen LogP) is 0.159. The second kappa shape index (κ2) is 4.97. The van der Waals surface area contributed by atoms with Crippen molar-refractivity contribution in [2.24, 2.45) is 0 Å². The van der Waals surface area contributed by atoms with Gasteiger partial charge in [-0.3, -0.25) is 4.68 Å². The summed E-state index contributed by atoms with van der Waals surface area (Å²) in [5.41, 5.74) is 1.75. The largest absolute Gasteiger partial charge is 0.392 e. The van der Waals surface area contributed by atoms with E-state index in [0.29, 0.717) is 6.42 Å². The van der Waals surface area contributed by atoms with Gasteiger partial charge in [0.15, 0.2) is 0 Å². The molecule has 0 bridgehead atoms. The molecule has 1 N–H and O–H groups in total. The van der Waals surface area contributed by atoms with Gasteiger partial charge in [0.05, 0.1) is 17.6 Å². The van der Waals surface area contributed by atoms with Crippen molar-refractivity contribution in [1.82, 2.24) is 9.78 Å². The first kappa shape index (κ1) is 13.2. The maximum absolute atomic E-state index is 11.0. The molecule has 0 fully saturated rings. The predicted molar refractivity (Wildman–Crippen MR) is 62.1 cm³/mol. The van der Waals surface area contributed by atoms with Crippen molar-refractivity contribution >= 4 is 9.84 Å². The van der Waals surface area contributed by atoms with E-state index >= 15 is 0 Å². The molecule has 1 aromatic rings. The van der Waals surface area contributed by atoms with Gasteiger partial charge in [-0.1, -0.05) is 0 Å². The van der Waals surface area contributed by atoms with Crippen LogP contribution in [-0.4, -0.2) is 41.4 Å². The van der Waals surface area contributed by atoms with Gasteiger partial charge < -0.3 is 5.11 Å². The minimum Gasteiger partial charge on any atom is -0.392 e. The highest BCUT2D eigenvalue weighted by Gasteiger charge is 2.15. The zero-order chi connectivity index (χ0) is 12.3. The third kappa shape index (κ3) is 3.94. The van der Waals surface area contributed by atoms with Crippen molar-refractivity contribution < 1.29 is 13.5 Å². The van der Waals surface area contributed by atoms with Gasteiger partial charge in [-0.15, -0.1) is 0 Å². The van der Waals surface area contributed by atoms with E-state index in [0.717, 1.165) is 24.2 Å². The molecule has 1 unspecified atom stereocenters. The lowest BCUT2D eigenvalue weighted by Crippen LogP contribution is -2.23. The molecule has 16 heavy (non-hydrogen) atoms. The molecule has 0 saturated heterocycles. The minimum absolute atomic E-state index is 0.207. The Hall–Kier alpha value is -0.880. The summed E-state index contributed by atoms with van der Waals surface area (Å²) >= 11 is 0. The Labute approximate surface area is 96.0 Å². The van der Waals surface area contributed by atoms with Crippen molar-refractivity contribution in [2.75, 3.05) is 12.0 Å². The first-order valence-electron chi connectivity index (χ1n) is 5.21. The summed E-state index contributed by atoms with van der Waals surface area (Å²) in [7, 11) is -3.14. The van der Waals surface area contributed by atoms with Crippen LogP contribution in [0.1, 0.15) is 18.3 Å². The van der Waals surface area contributed by atoms with Gasteiger partial charge in [0, 0.05) is 24.9 Å². The fraction of sp³-hybridized carbons (Fsp3) is 0.700. The molecule has 0 amide bonds. The Morgan fingerprint density at radius 3 is 2.69 bits per heavy atom. The van der Waals surface area contributed by atoms with Crippen LogP contribution in [0.2, 0.25) is 0 Å². The standard InChI is InChI=1S/C10H18N2O3S/c1-4-12-9(5-8(2)11-12)6-10(13)7-16(3,14)15/h5,10,13H,4,6-7H2,1-3H3. The monoisotopic (exact) mass is 246 g/mol. The second-order valence-corrected chi connectivity index (χ2v) is 6.23. The first-order valence-corrected chi connectivity index (χ1v) is 7.27. The summed E-state index contributed by atoms with van der Waals surface area (Å²) < 4.78 is 23.8. The van der Waals surface area contributed by atoms with Crippen LogP contribution >= 0.6 is 0 Å². The van der Waals surface area contributed by atoms with Crippen molar-refractivity contribution in [3.63, 3.8) is 0 Å². The summed E-state index contributed by atoms with van der Waals surface area (Å²) in [6.45, 7) is 4.55. The second-order valence-electron chi connectivity index (χ2n) is 4.04. The van der Waals surface area contributed by atoms with Crippen LogP contribution in [0.15, 0.2) is 6.07 Å². The molecular formula is C10H18N2O3S. The van der Waals surface area contributed by atoms with E-state index in [1.165, 1.54) is 0 Å². The Kier molecular flexibility index (Phi) is 4.09. The van der Waals surface area contributed by atoms with E-state index < -0.39 is 15.9 Å². The Morgan fingerprint density at radius 1 is 1.56 bits per heavy atom. The Balaban J connectivity index is 2.72. The average molecular weight is 246 g/mol. The zero-order valence-electron chi connectivity index (χ0n) is 9.84. The third-order valence-corrected chi connectivity index (χ3v) is 3.22. The third-order valence-electron chi connectivity index (χ3n) is 2.22. The minimum atomic E-state index is -3.14. The number of aryl methyl sites for hydroxylation is 2. The molecule has 0 aliphatic heterocycles. The smallest absolute Gasteiger partial charge is 0.150 e. The molecule has 6 heteroatoms. The highest BCUT2D eigenvalue weighted by Crippen LogP contribution is 2.08. The van der Waals surface area contributed by atoms with Crippen LogP contribution in [0.3, 0.4) is 0 Å². The Morgan fingerprint density at radius 2 is 2.19 bits per heavy atom. The number of hydrogen-bond donors (Lipinski definition) is 1. The van der Waals surface area contributed by atoms with Crippen LogP contribution in [-0.2, 0) is 22.8 Å². The number of nitrogens with zero attached hydrogens (tertiary/aromatic N) is 2. The maximum Gasteiger partial charge on any atom is 0.150 e. The topological polar surface area (TPSA) is 72.2 Å². The lowest BCUT2D eigenvalue weighted by molar-refractivity contribution is 0.195. The molecule has 0 radical (unpaired) electrons. The van der Waals surface area contributed by atoms with Crippen LogP contribution in [0, 0.1) is 6.92 Å². The number of aliphatic hydroxyl groups excluding tert-OH is 1. The fourth-order valence-corrected chi connectivity index (χ4v) is 2.50. The zero-order valence-corrected chi connectivity index (χ0v) is 10.7. The van der Waals surface area contributed by atoms with Gasteiger partial charge in [-0.2, -0.15) is 5.10 Å². The van der Waals surface area contributed by atoms with Gasteiger partial charge >= 0.3 is 0 Å². The van der Waals surface area contributed by atoms with E-state index in [1.54, 1.807) is 4.68 Å². The van der Waals surface area contributed by atoms with E-state index in [4.69, 9.17) is 0 Å². The molecule has 5 nitrogen and oxygen atoms in total. The molecule has 0 aromatic carbocycles. The average Bonchev–Trinajstić information content (AvgIpc) is 2.42. The van der Waals surface area contributed by atoms with Gasteiger partial charge in [0.1, 0.15) is 9.84 Å². The van der Waals surface area contributed by atoms with Crippen LogP contribution in [0.25, 0.3) is 0 Å². The number of aromatic nitrogens is 2. The molecule has 0 spiro atoms. The fourth-order valence-electron chi connectivity index (χ4n) is 1.69. The number of hydrogen-bond acceptors (Lipinski definition) is 4. The van der Waals surface area contributed by atoms with Gasteiger partial charge in [0.25, 0.3) is 0 Å². The molecule has 1 rings (SSSR count). The van der Waals surface area contributed by atoms with Crippen molar-refractivity contribution in [3.8, 4) is 0 Å². The normalized spacial score (nSPS) is 14.0. The molecule has 0 saturated carbocycles. The lowest BCUT2D eigenvalue weighted by Gasteiger charge is -2.10. The van der Waals surface area contributed by atoms with Crippen LogP contribution in [0.4, 0.5) is 0 Å². The van der Waals surface area contributed by atoms with E-state index in [1.807, 2.05) is 19.9 Å². The summed E-state index contributed by atoms with van der Waals surface area (Å²) in [5, 5.41) is 13.9. The van der Waals surface area contributed by atoms with Gasteiger partial charge in [-0.25, -0.2) is 8.42 Å². The Bertz CT molecular complexity index is 451. The molecule has 0 aliphatic carbocycles. The van der Waals surface area contributed by atoms with Gasteiger partial charge in [0.2, 0.25) is 0 Å². The molecule has 1 heterocycles. The van der Waals surface area contributed by atoms with Crippen LogP contribution in [0.5, 0.6) is 0 Å². The van der Waals surface area contributed by atoms with Crippen molar-refractivity contribution in [1.29, 1.82) is 0 Å². The van der Waals surface area contributed by atoms with E-state index in [2.05, 4.69) is 5.10 Å². The maximum atomic E-state index is 11.0. The van der Waals surface area contributed by atoms with Crippen molar-refractivity contribution in [3.05, 3.63) is 17.5 Å².